The van der Waals surface area contributed by atoms with Gasteiger partial charge in [0, 0.05) is 18.9 Å². The summed E-state index contributed by atoms with van der Waals surface area (Å²) >= 11 is 0. The van der Waals surface area contributed by atoms with E-state index < -0.39 is 0 Å². The summed E-state index contributed by atoms with van der Waals surface area (Å²) in [5.74, 6) is 1.74. The number of imidazole rings is 1. The van der Waals surface area contributed by atoms with Crippen molar-refractivity contribution in [3.05, 3.63) is 18.2 Å². The summed E-state index contributed by atoms with van der Waals surface area (Å²) in [6, 6.07) is 0. The first-order valence-corrected chi connectivity index (χ1v) is 4.89. The van der Waals surface area contributed by atoms with Crippen molar-refractivity contribution in [3.63, 3.8) is 0 Å². The Hall–Kier alpha value is -0.830. The molecule has 72 valence electrons. The molecule has 1 aliphatic heterocycles. The lowest BCUT2D eigenvalue weighted by Crippen LogP contribution is -2.28. The van der Waals surface area contributed by atoms with E-state index in [0.717, 1.165) is 18.8 Å². The van der Waals surface area contributed by atoms with E-state index in [9.17, 15) is 5.11 Å². The first kappa shape index (κ1) is 8.75. The zero-order valence-corrected chi connectivity index (χ0v) is 8.14. The highest BCUT2D eigenvalue weighted by atomic mass is 16.3. The van der Waals surface area contributed by atoms with Gasteiger partial charge in [0.15, 0.2) is 0 Å². The van der Waals surface area contributed by atoms with Gasteiger partial charge in [-0.2, -0.15) is 0 Å². The van der Waals surface area contributed by atoms with Crippen molar-refractivity contribution in [3.8, 4) is 0 Å². The summed E-state index contributed by atoms with van der Waals surface area (Å²) in [5.41, 5.74) is 0. The Morgan fingerprint density at radius 2 is 2.38 bits per heavy atom. The normalized spacial score (nSPS) is 27.7. The molecule has 3 heteroatoms. The Morgan fingerprint density at radius 3 is 3.08 bits per heavy atom. The quantitative estimate of drug-likeness (QED) is 0.712. The second-order valence-electron chi connectivity index (χ2n) is 4.12. The molecule has 2 rings (SSSR count). The third-order valence-corrected chi connectivity index (χ3v) is 2.98. The van der Waals surface area contributed by atoms with Crippen molar-refractivity contribution in [2.24, 2.45) is 11.8 Å². The SMILES string of the molecule is CC(C)C1CCn2ccnc2C1O. The van der Waals surface area contributed by atoms with E-state index in [1.807, 2.05) is 10.8 Å². The van der Waals surface area contributed by atoms with Gasteiger partial charge < -0.3 is 9.67 Å². The molecule has 2 atom stereocenters. The molecule has 1 aromatic heterocycles. The second-order valence-corrected chi connectivity index (χ2v) is 4.12. The number of hydrogen-bond donors (Lipinski definition) is 1. The average molecular weight is 180 g/mol. The molecular weight excluding hydrogens is 164 g/mol. The maximum absolute atomic E-state index is 10.00. The number of aliphatic hydroxyl groups excluding tert-OH is 1. The van der Waals surface area contributed by atoms with E-state index in [2.05, 4.69) is 18.8 Å². The number of aliphatic hydroxyl groups is 1. The number of nitrogens with zero attached hydrogens (tertiary/aromatic N) is 2. The van der Waals surface area contributed by atoms with Crippen LogP contribution in [0.1, 0.15) is 32.2 Å². The molecule has 0 radical (unpaired) electrons. The minimum atomic E-state index is -0.372. The van der Waals surface area contributed by atoms with Crippen molar-refractivity contribution in [1.29, 1.82) is 0 Å². The molecule has 0 saturated heterocycles. The maximum Gasteiger partial charge on any atom is 0.137 e. The van der Waals surface area contributed by atoms with Crippen LogP contribution < -0.4 is 0 Å². The second kappa shape index (κ2) is 3.14. The lowest BCUT2D eigenvalue weighted by molar-refractivity contribution is 0.0465. The predicted octanol–water partition coefficient (Wildman–Crippen LogP) is 1.59. The molecule has 0 aromatic carbocycles. The first-order valence-electron chi connectivity index (χ1n) is 4.89. The van der Waals surface area contributed by atoms with Gasteiger partial charge in [-0.3, -0.25) is 0 Å². The zero-order valence-electron chi connectivity index (χ0n) is 8.14. The van der Waals surface area contributed by atoms with Crippen LogP contribution in [0.3, 0.4) is 0 Å². The van der Waals surface area contributed by atoms with Gasteiger partial charge in [-0.1, -0.05) is 13.8 Å². The molecule has 2 heterocycles. The van der Waals surface area contributed by atoms with Crippen LogP contribution in [-0.4, -0.2) is 14.7 Å². The summed E-state index contributed by atoms with van der Waals surface area (Å²) in [6.07, 6.45) is 4.39. The highest BCUT2D eigenvalue weighted by molar-refractivity contribution is 5.02. The summed E-state index contributed by atoms with van der Waals surface area (Å²) in [5, 5.41) is 10.00. The third kappa shape index (κ3) is 1.37. The zero-order chi connectivity index (χ0) is 9.42. The largest absolute Gasteiger partial charge is 0.385 e. The van der Waals surface area contributed by atoms with Gasteiger partial charge >= 0.3 is 0 Å². The van der Waals surface area contributed by atoms with Gasteiger partial charge in [-0.05, 0) is 18.3 Å². The van der Waals surface area contributed by atoms with E-state index >= 15 is 0 Å². The highest BCUT2D eigenvalue weighted by Gasteiger charge is 2.30. The summed E-state index contributed by atoms with van der Waals surface area (Å²) in [4.78, 5) is 4.18. The van der Waals surface area contributed by atoms with Crippen LogP contribution >= 0.6 is 0 Å². The molecule has 1 aliphatic rings. The Labute approximate surface area is 78.4 Å². The van der Waals surface area contributed by atoms with Crippen molar-refractivity contribution < 1.29 is 5.11 Å². The van der Waals surface area contributed by atoms with Gasteiger partial charge in [0.05, 0.1) is 0 Å². The standard InChI is InChI=1S/C10H16N2O/c1-7(2)8-3-5-12-6-4-11-10(12)9(8)13/h4,6-9,13H,3,5H2,1-2H3. The minimum absolute atomic E-state index is 0.370. The van der Waals surface area contributed by atoms with Crippen LogP contribution in [0.2, 0.25) is 0 Å². The Morgan fingerprint density at radius 1 is 1.62 bits per heavy atom. The molecule has 1 N–H and O–H groups in total. The number of aryl methyl sites for hydroxylation is 1. The first-order chi connectivity index (χ1) is 6.20. The molecule has 1 aromatic rings. The van der Waals surface area contributed by atoms with E-state index in [4.69, 9.17) is 0 Å². The monoisotopic (exact) mass is 180 g/mol. The summed E-state index contributed by atoms with van der Waals surface area (Å²) < 4.78 is 2.05. The molecular formula is C10H16N2O. The molecule has 2 unspecified atom stereocenters. The van der Waals surface area contributed by atoms with Crippen molar-refractivity contribution in [2.45, 2.75) is 32.9 Å². The van der Waals surface area contributed by atoms with Gasteiger partial charge in [0.25, 0.3) is 0 Å². The topological polar surface area (TPSA) is 38.0 Å². The lowest BCUT2D eigenvalue weighted by atomic mass is 9.85. The summed E-state index contributed by atoms with van der Waals surface area (Å²) in [6.45, 7) is 5.31. The molecule has 0 aliphatic carbocycles. The number of rotatable bonds is 1. The highest BCUT2D eigenvalue weighted by Crippen LogP contribution is 2.34. The predicted molar refractivity (Wildman–Crippen MR) is 50.1 cm³/mol. The molecule has 13 heavy (non-hydrogen) atoms. The Bertz CT molecular complexity index is 293. The van der Waals surface area contributed by atoms with E-state index in [1.54, 1.807) is 6.20 Å². The van der Waals surface area contributed by atoms with E-state index in [1.165, 1.54) is 0 Å². The molecule has 0 amide bonds. The van der Waals surface area contributed by atoms with Crippen LogP contribution in [0.5, 0.6) is 0 Å². The van der Waals surface area contributed by atoms with Gasteiger partial charge in [-0.25, -0.2) is 4.98 Å². The number of hydrogen-bond acceptors (Lipinski definition) is 2. The van der Waals surface area contributed by atoms with Crippen LogP contribution in [0.4, 0.5) is 0 Å². The molecule has 0 bridgehead atoms. The fourth-order valence-corrected chi connectivity index (χ4v) is 2.11. The van der Waals surface area contributed by atoms with Gasteiger partial charge in [0.1, 0.15) is 11.9 Å². The van der Waals surface area contributed by atoms with Crippen LogP contribution in [0.25, 0.3) is 0 Å². The Kier molecular flexibility index (Phi) is 2.12. The minimum Gasteiger partial charge on any atom is -0.385 e. The smallest absolute Gasteiger partial charge is 0.137 e. The molecule has 0 spiro atoms. The number of aromatic nitrogens is 2. The van der Waals surface area contributed by atoms with Crippen molar-refractivity contribution >= 4 is 0 Å². The number of fused-ring (bicyclic) bond motifs is 1. The Balaban J connectivity index is 2.27. The van der Waals surface area contributed by atoms with Crippen molar-refractivity contribution in [2.75, 3.05) is 0 Å². The molecule has 3 nitrogen and oxygen atoms in total. The summed E-state index contributed by atoms with van der Waals surface area (Å²) in [7, 11) is 0. The van der Waals surface area contributed by atoms with Gasteiger partial charge in [0.2, 0.25) is 0 Å². The van der Waals surface area contributed by atoms with E-state index in [0.29, 0.717) is 11.8 Å². The molecule has 0 fully saturated rings. The van der Waals surface area contributed by atoms with Gasteiger partial charge in [-0.15, -0.1) is 0 Å². The lowest BCUT2D eigenvalue weighted by Gasteiger charge is -2.31. The fourth-order valence-electron chi connectivity index (χ4n) is 2.11. The van der Waals surface area contributed by atoms with Crippen LogP contribution in [0, 0.1) is 11.8 Å². The van der Waals surface area contributed by atoms with E-state index in [-0.39, 0.29) is 6.10 Å². The molecule has 0 saturated carbocycles. The van der Waals surface area contributed by atoms with Crippen molar-refractivity contribution in [1.82, 2.24) is 9.55 Å². The maximum atomic E-state index is 10.00. The van der Waals surface area contributed by atoms with Crippen LogP contribution in [0.15, 0.2) is 12.4 Å². The third-order valence-electron chi connectivity index (χ3n) is 2.98. The average Bonchev–Trinajstić information content (AvgIpc) is 2.52. The fraction of sp³-hybridized carbons (Fsp3) is 0.700. The van der Waals surface area contributed by atoms with Crippen LogP contribution in [-0.2, 0) is 6.54 Å².